The van der Waals surface area contributed by atoms with Crippen molar-refractivity contribution >= 4 is 12.4 Å². The lowest BCUT2D eigenvalue weighted by atomic mass is 9.78. The van der Waals surface area contributed by atoms with Crippen LogP contribution in [0.1, 0.15) is 167 Å². The molecule has 39 heavy (non-hydrogen) atoms. The molecular weight excluding hydrogens is 472 g/mol. The first-order chi connectivity index (χ1) is 19.3. The minimum Gasteiger partial charge on any atom is -0.0965 e. The fraction of sp³-hybridized carbons (Fsp3) is 0.757. The lowest BCUT2D eigenvalue weighted by molar-refractivity contribution is 0.284. The molecule has 2 unspecified atom stereocenters. The molecule has 1 aromatic rings. The molecule has 0 aromatic heterocycles. The summed E-state index contributed by atoms with van der Waals surface area (Å²) < 4.78 is 0. The van der Waals surface area contributed by atoms with Gasteiger partial charge in [-0.05, 0) is 30.7 Å². The molecule has 0 saturated carbocycles. The Labute approximate surface area is 244 Å². The van der Waals surface area contributed by atoms with Crippen LogP contribution in [0, 0.1) is 18.0 Å². The summed E-state index contributed by atoms with van der Waals surface area (Å²) >= 11 is 0. The first-order valence-corrected chi connectivity index (χ1v) is 17.3. The van der Waals surface area contributed by atoms with E-state index in [1.165, 1.54) is 153 Å². The summed E-state index contributed by atoms with van der Waals surface area (Å²) in [5, 5.41) is 0. The first-order valence-electron chi connectivity index (χ1n) is 17.3. The zero-order valence-corrected chi connectivity index (χ0v) is 26.1. The third-order valence-corrected chi connectivity index (χ3v) is 8.77. The smallest absolute Gasteiger partial charge is 0.0965 e. The van der Waals surface area contributed by atoms with Gasteiger partial charge in [-0.1, -0.05) is 189 Å². The number of hydrogen-bond acceptors (Lipinski definition) is 2. The average molecular weight is 536 g/mol. The first kappa shape index (κ1) is 33.6. The lowest BCUT2D eigenvalue weighted by Crippen LogP contribution is -2.22. The van der Waals surface area contributed by atoms with Crippen molar-refractivity contribution < 1.29 is 0 Å². The highest BCUT2D eigenvalue weighted by atomic mass is 15.0. The topological polar surface area (TPSA) is 24.7 Å². The summed E-state index contributed by atoms with van der Waals surface area (Å²) in [6.45, 7) is 4.61. The Morgan fingerprint density at radius 3 is 1.38 bits per heavy atom. The molecule has 1 aliphatic rings. The van der Waals surface area contributed by atoms with Crippen molar-refractivity contribution in [3.63, 3.8) is 0 Å². The molecule has 0 radical (unpaired) electrons. The largest absolute Gasteiger partial charge is 0.244 e. The maximum absolute atomic E-state index is 4.73. The van der Waals surface area contributed by atoms with E-state index in [0.29, 0.717) is 11.8 Å². The molecule has 0 amide bonds. The van der Waals surface area contributed by atoms with Gasteiger partial charge in [0, 0.05) is 0 Å². The lowest BCUT2D eigenvalue weighted by Gasteiger charge is -2.26. The average Bonchev–Trinajstić information content (AvgIpc) is 3.49. The zero-order valence-electron chi connectivity index (χ0n) is 26.1. The highest BCUT2D eigenvalue weighted by Gasteiger charge is 2.35. The molecule has 2 atom stereocenters. The van der Waals surface area contributed by atoms with E-state index < -0.39 is 0 Å². The Morgan fingerprint density at radius 1 is 0.513 bits per heavy atom. The van der Waals surface area contributed by atoms with Gasteiger partial charge in [0.05, 0.1) is 5.92 Å². The Balaban J connectivity index is 1.70. The van der Waals surface area contributed by atoms with Crippen molar-refractivity contribution in [3.05, 3.63) is 42.1 Å². The maximum Gasteiger partial charge on any atom is 0.244 e. The Kier molecular flexibility index (Phi) is 20.9. The molecule has 1 aliphatic heterocycles. The predicted molar refractivity (Wildman–Crippen MR) is 175 cm³/mol. The van der Waals surface area contributed by atoms with Gasteiger partial charge in [-0.15, -0.1) is 0 Å². The molecule has 1 aromatic carbocycles. The van der Waals surface area contributed by atoms with Crippen LogP contribution in [0.3, 0.4) is 0 Å². The van der Waals surface area contributed by atoms with Crippen LogP contribution in [0.2, 0.25) is 0 Å². The molecule has 0 bridgehead atoms. The molecule has 220 valence electrons. The molecule has 2 rings (SSSR count). The van der Waals surface area contributed by atoms with Crippen LogP contribution in [0.15, 0.2) is 40.3 Å². The third-order valence-electron chi connectivity index (χ3n) is 8.77. The molecule has 0 spiro atoms. The SMILES string of the molecule is CCCCCCCCCCCCCCCCC([C+]1N=CC=N1)C(CCCCCCCCC)Cc1ccccc1. The summed E-state index contributed by atoms with van der Waals surface area (Å²) in [4.78, 5) is 9.46. The minimum absolute atomic E-state index is 0.498. The maximum atomic E-state index is 4.73. The van der Waals surface area contributed by atoms with Gasteiger partial charge in [0.2, 0.25) is 6.17 Å². The van der Waals surface area contributed by atoms with Gasteiger partial charge < -0.3 is 0 Å². The second-order valence-corrected chi connectivity index (χ2v) is 12.3. The summed E-state index contributed by atoms with van der Waals surface area (Å²) in [7, 11) is 0. The van der Waals surface area contributed by atoms with Crippen LogP contribution in [0.5, 0.6) is 0 Å². The van der Waals surface area contributed by atoms with Crippen molar-refractivity contribution in [1.82, 2.24) is 0 Å². The van der Waals surface area contributed by atoms with Crippen LogP contribution in [-0.4, -0.2) is 12.4 Å². The standard InChI is InChI=1S/C37H63N2/c1-3-5-7-9-11-12-13-14-15-16-17-19-21-26-30-36(37-38-31-32-39-37)35(33-34-27-23-22-24-28-34)29-25-20-18-10-8-6-4-2/h22-24,27-28,31-32,35-36H,3-21,25-26,29-30,33H2,1-2H3/q+1. The molecule has 1 heterocycles. The number of rotatable bonds is 27. The van der Waals surface area contributed by atoms with Gasteiger partial charge in [0.1, 0.15) is 0 Å². The van der Waals surface area contributed by atoms with Crippen LogP contribution in [0.4, 0.5) is 0 Å². The number of nitrogens with zero attached hydrogens (tertiary/aromatic N) is 2. The highest BCUT2D eigenvalue weighted by Crippen LogP contribution is 2.37. The van der Waals surface area contributed by atoms with E-state index in [0.717, 1.165) is 12.6 Å². The van der Waals surface area contributed by atoms with Crippen molar-refractivity contribution in [1.29, 1.82) is 0 Å². The Morgan fingerprint density at radius 2 is 0.923 bits per heavy atom. The van der Waals surface area contributed by atoms with Gasteiger partial charge in [0.25, 0.3) is 0 Å². The molecular formula is C37H63N2+. The summed E-state index contributed by atoms with van der Waals surface area (Å²) in [6, 6.07) is 11.2. The van der Waals surface area contributed by atoms with E-state index in [2.05, 4.69) is 44.2 Å². The van der Waals surface area contributed by atoms with E-state index in [1.54, 1.807) is 0 Å². The molecule has 0 fully saturated rings. The van der Waals surface area contributed by atoms with Gasteiger partial charge in [-0.2, -0.15) is 0 Å². The number of benzene rings is 1. The molecule has 2 heteroatoms. The summed E-state index contributed by atoms with van der Waals surface area (Å²) in [6.07, 6.45) is 38.2. The van der Waals surface area contributed by atoms with Crippen LogP contribution < -0.4 is 0 Å². The van der Waals surface area contributed by atoms with Crippen LogP contribution in [-0.2, 0) is 6.42 Å². The second-order valence-electron chi connectivity index (χ2n) is 12.3. The third kappa shape index (κ3) is 17.0. The van der Waals surface area contributed by atoms with Crippen molar-refractivity contribution in [2.45, 2.75) is 168 Å². The summed E-state index contributed by atoms with van der Waals surface area (Å²) in [5.74, 6) is 1.14. The minimum atomic E-state index is 0.498. The van der Waals surface area contributed by atoms with Gasteiger partial charge >= 0.3 is 0 Å². The van der Waals surface area contributed by atoms with Crippen molar-refractivity contribution in [2.24, 2.45) is 21.8 Å². The molecule has 0 saturated heterocycles. The predicted octanol–water partition coefficient (Wildman–Crippen LogP) is 12.1. The van der Waals surface area contributed by atoms with Crippen LogP contribution in [0.25, 0.3) is 0 Å². The highest BCUT2D eigenvalue weighted by molar-refractivity contribution is 6.18. The quantitative estimate of drug-likeness (QED) is 0.0790. The summed E-state index contributed by atoms with van der Waals surface area (Å²) in [5.41, 5.74) is 1.47. The fourth-order valence-electron chi connectivity index (χ4n) is 6.30. The van der Waals surface area contributed by atoms with Gasteiger partial charge in [-0.3, -0.25) is 0 Å². The number of unbranched alkanes of at least 4 members (excludes halogenated alkanes) is 19. The molecule has 2 nitrogen and oxygen atoms in total. The van der Waals surface area contributed by atoms with E-state index in [4.69, 9.17) is 9.98 Å². The Bertz CT molecular complexity index is 697. The van der Waals surface area contributed by atoms with E-state index in [-0.39, 0.29) is 0 Å². The van der Waals surface area contributed by atoms with Crippen molar-refractivity contribution in [3.8, 4) is 0 Å². The van der Waals surface area contributed by atoms with Gasteiger partial charge in [-0.25, -0.2) is 0 Å². The molecule has 0 aliphatic carbocycles. The monoisotopic (exact) mass is 535 g/mol. The van der Waals surface area contributed by atoms with E-state index in [1.807, 2.05) is 12.4 Å². The number of aliphatic imine (C=N–C) groups is 2. The fourth-order valence-corrected chi connectivity index (χ4v) is 6.30. The number of hydrogen-bond donors (Lipinski definition) is 0. The van der Waals surface area contributed by atoms with Gasteiger partial charge in [0.15, 0.2) is 12.4 Å². The second kappa shape index (κ2) is 24.2. The normalized spacial score (nSPS) is 14.4. The van der Waals surface area contributed by atoms with E-state index in [9.17, 15) is 0 Å². The molecule has 0 N–H and O–H groups in total. The Hall–Kier alpha value is -1.57. The zero-order chi connectivity index (χ0) is 27.6. The van der Waals surface area contributed by atoms with Crippen LogP contribution >= 0.6 is 0 Å². The van der Waals surface area contributed by atoms with Crippen molar-refractivity contribution in [2.75, 3.05) is 0 Å². The van der Waals surface area contributed by atoms with E-state index >= 15 is 0 Å².